The van der Waals surface area contributed by atoms with E-state index in [9.17, 15) is 5.26 Å². The maximum atomic E-state index is 9.51. The molecule has 124 valence electrons. The highest BCUT2D eigenvalue weighted by Gasteiger charge is 2.11. The van der Waals surface area contributed by atoms with Gasteiger partial charge in [0.25, 0.3) is 0 Å². The Balaban J connectivity index is 2.14. The maximum absolute atomic E-state index is 9.51. The summed E-state index contributed by atoms with van der Waals surface area (Å²) in [5.74, 6) is 1.55. The van der Waals surface area contributed by atoms with Crippen molar-refractivity contribution in [3.63, 3.8) is 0 Å². The van der Waals surface area contributed by atoms with Gasteiger partial charge < -0.3 is 14.5 Å². The predicted octanol–water partition coefficient (Wildman–Crippen LogP) is 4.97. The van der Waals surface area contributed by atoms with Crippen LogP contribution in [0.15, 0.2) is 54.6 Å². The second-order valence-corrected chi connectivity index (χ2v) is 5.78. The SMILES string of the molecule is COc1ccc(-c2cc(-c3ccc(OC)cc3)c(C#N)c(=S)[nH]2)cc1. The molecule has 0 aliphatic carbocycles. The number of pyridine rings is 1. The lowest BCUT2D eigenvalue weighted by atomic mass is 9.99. The number of ether oxygens (including phenoxy) is 2. The summed E-state index contributed by atoms with van der Waals surface area (Å²) in [6.07, 6.45) is 0. The molecule has 1 aromatic heterocycles. The molecular formula is C20H16N2O2S. The van der Waals surface area contributed by atoms with E-state index >= 15 is 0 Å². The van der Waals surface area contributed by atoms with Gasteiger partial charge in [0.05, 0.1) is 19.8 Å². The Labute approximate surface area is 151 Å². The number of aromatic amines is 1. The van der Waals surface area contributed by atoms with Crippen LogP contribution in [0.3, 0.4) is 0 Å². The Morgan fingerprint density at radius 3 is 1.88 bits per heavy atom. The maximum Gasteiger partial charge on any atom is 0.122 e. The fourth-order valence-corrected chi connectivity index (χ4v) is 2.86. The lowest BCUT2D eigenvalue weighted by molar-refractivity contribution is 0.415. The first-order chi connectivity index (χ1) is 12.2. The summed E-state index contributed by atoms with van der Waals surface area (Å²) in [4.78, 5) is 3.14. The van der Waals surface area contributed by atoms with Crippen LogP contribution in [-0.2, 0) is 0 Å². The van der Waals surface area contributed by atoms with Gasteiger partial charge in [-0.2, -0.15) is 5.26 Å². The van der Waals surface area contributed by atoms with Crippen LogP contribution in [0, 0.1) is 16.0 Å². The summed E-state index contributed by atoms with van der Waals surface area (Å²) < 4.78 is 10.8. The molecule has 25 heavy (non-hydrogen) atoms. The van der Waals surface area contributed by atoms with Gasteiger partial charge in [-0.1, -0.05) is 24.4 Å². The zero-order valence-electron chi connectivity index (χ0n) is 13.9. The summed E-state index contributed by atoms with van der Waals surface area (Å²) in [5, 5.41) is 9.51. The number of hydrogen-bond acceptors (Lipinski definition) is 4. The van der Waals surface area contributed by atoms with E-state index in [1.807, 2.05) is 54.6 Å². The van der Waals surface area contributed by atoms with E-state index in [4.69, 9.17) is 21.7 Å². The molecule has 4 nitrogen and oxygen atoms in total. The molecule has 0 saturated heterocycles. The van der Waals surface area contributed by atoms with Crippen molar-refractivity contribution in [3.8, 4) is 40.0 Å². The second-order valence-electron chi connectivity index (χ2n) is 5.37. The molecule has 1 heterocycles. The summed E-state index contributed by atoms with van der Waals surface area (Å²) >= 11 is 5.40. The van der Waals surface area contributed by atoms with Gasteiger partial charge in [0.2, 0.25) is 0 Å². The van der Waals surface area contributed by atoms with E-state index in [0.29, 0.717) is 10.2 Å². The average Bonchev–Trinajstić information content (AvgIpc) is 2.67. The molecule has 0 radical (unpaired) electrons. The summed E-state index contributed by atoms with van der Waals surface area (Å²) in [7, 11) is 3.25. The number of nitriles is 1. The van der Waals surface area contributed by atoms with E-state index in [1.165, 1.54) is 0 Å². The molecule has 0 bridgehead atoms. The number of methoxy groups -OCH3 is 2. The standard InChI is InChI=1S/C20H16N2O2S/c1-23-15-7-3-13(4-8-15)17-11-19(22-20(25)18(17)12-21)14-5-9-16(24-2)10-6-14/h3-11H,1-2H3,(H,22,25). The largest absolute Gasteiger partial charge is 0.497 e. The highest BCUT2D eigenvalue weighted by atomic mass is 32.1. The lowest BCUT2D eigenvalue weighted by Gasteiger charge is -2.10. The minimum absolute atomic E-state index is 0.418. The molecular weight excluding hydrogens is 332 g/mol. The summed E-state index contributed by atoms with van der Waals surface area (Å²) in [5.41, 5.74) is 3.97. The molecule has 0 unspecified atom stereocenters. The minimum Gasteiger partial charge on any atom is -0.497 e. The van der Waals surface area contributed by atoms with Crippen molar-refractivity contribution in [2.75, 3.05) is 14.2 Å². The molecule has 5 heteroatoms. The van der Waals surface area contributed by atoms with Crippen LogP contribution in [0.4, 0.5) is 0 Å². The fraction of sp³-hybridized carbons (Fsp3) is 0.100. The molecule has 3 aromatic rings. The van der Waals surface area contributed by atoms with Crippen LogP contribution in [0.5, 0.6) is 11.5 Å². The van der Waals surface area contributed by atoms with Crippen molar-refractivity contribution >= 4 is 12.2 Å². The number of hydrogen-bond donors (Lipinski definition) is 1. The Kier molecular flexibility index (Phi) is 4.82. The zero-order valence-corrected chi connectivity index (χ0v) is 14.7. The van der Waals surface area contributed by atoms with Crippen LogP contribution in [0.2, 0.25) is 0 Å². The summed E-state index contributed by atoms with van der Waals surface area (Å²) in [6, 6.07) is 19.4. The van der Waals surface area contributed by atoms with Gasteiger partial charge in [-0.05, 0) is 53.6 Å². The third-order valence-electron chi connectivity index (χ3n) is 3.95. The highest BCUT2D eigenvalue weighted by molar-refractivity contribution is 7.71. The van der Waals surface area contributed by atoms with E-state index in [2.05, 4.69) is 11.1 Å². The number of rotatable bonds is 4. The predicted molar refractivity (Wildman–Crippen MR) is 100 cm³/mol. The molecule has 0 aliphatic heterocycles. The molecule has 1 N–H and O–H groups in total. The van der Waals surface area contributed by atoms with E-state index in [0.717, 1.165) is 33.9 Å². The molecule has 0 atom stereocenters. The summed E-state index contributed by atoms with van der Waals surface area (Å²) in [6.45, 7) is 0. The number of benzene rings is 2. The molecule has 2 aromatic carbocycles. The molecule has 0 amide bonds. The number of nitrogens with zero attached hydrogens (tertiary/aromatic N) is 1. The van der Waals surface area contributed by atoms with Gasteiger partial charge >= 0.3 is 0 Å². The van der Waals surface area contributed by atoms with Crippen molar-refractivity contribution in [1.29, 1.82) is 5.26 Å². The first kappa shape index (κ1) is 16.7. The fourth-order valence-electron chi connectivity index (χ4n) is 2.60. The number of aromatic nitrogens is 1. The van der Waals surface area contributed by atoms with E-state index < -0.39 is 0 Å². The third kappa shape index (κ3) is 3.39. The molecule has 3 rings (SSSR count). The Morgan fingerprint density at radius 2 is 1.40 bits per heavy atom. The normalized spacial score (nSPS) is 10.1. The Hall–Kier alpha value is -3.10. The van der Waals surface area contributed by atoms with Gasteiger partial charge in [-0.3, -0.25) is 0 Å². The van der Waals surface area contributed by atoms with Crippen LogP contribution in [-0.4, -0.2) is 19.2 Å². The van der Waals surface area contributed by atoms with Crippen LogP contribution >= 0.6 is 12.2 Å². The van der Waals surface area contributed by atoms with Gasteiger partial charge in [0.1, 0.15) is 22.2 Å². The van der Waals surface area contributed by atoms with E-state index in [1.54, 1.807) is 14.2 Å². The van der Waals surface area contributed by atoms with E-state index in [-0.39, 0.29) is 0 Å². The van der Waals surface area contributed by atoms with Crippen LogP contribution < -0.4 is 9.47 Å². The average molecular weight is 348 g/mol. The van der Waals surface area contributed by atoms with Crippen molar-refractivity contribution in [3.05, 3.63) is 64.8 Å². The number of nitrogens with one attached hydrogen (secondary N) is 1. The van der Waals surface area contributed by atoms with Gasteiger partial charge in [-0.25, -0.2) is 0 Å². The van der Waals surface area contributed by atoms with Gasteiger partial charge in [0.15, 0.2) is 0 Å². The quantitative estimate of drug-likeness (QED) is 0.677. The first-order valence-electron chi connectivity index (χ1n) is 7.62. The molecule has 0 aliphatic rings. The van der Waals surface area contributed by atoms with Crippen LogP contribution in [0.25, 0.3) is 22.4 Å². The van der Waals surface area contributed by atoms with Gasteiger partial charge in [-0.15, -0.1) is 0 Å². The second kappa shape index (κ2) is 7.20. The molecule has 0 fully saturated rings. The monoisotopic (exact) mass is 348 g/mol. The van der Waals surface area contributed by atoms with Gasteiger partial charge in [0, 0.05) is 11.3 Å². The van der Waals surface area contributed by atoms with Crippen molar-refractivity contribution in [2.45, 2.75) is 0 Å². The number of H-pyrrole nitrogens is 1. The van der Waals surface area contributed by atoms with Crippen molar-refractivity contribution in [1.82, 2.24) is 4.98 Å². The Bertz CT molecular complexity index is 984. The van der Waals surface area contributed by atoms with Crippen molar-refractivity contribution in [2.24, 2.45) is 0 Å². The molecule has 0 spiro atoms. The lowest BCUT2D eigenvalue weighted by Crippen LogP contribution is -1.93. The van der Waals surface area contributed by atoms with Crippen LogP contribution in [0.1, 0.15) is 5.56 Å². The Morgan fingerprint density at radius 1 is 0.880 bits per heavy atom. The minimum atomic E-state index is 0.418. The highest BCUT2D eigenvalue weighted by Crippen LogP contribution is 2.30. The smallest absolute Gasteiger partial charge is 0.122 e. The topological polar surface area (TPSA) is 58.0 Å². The first-order valence-corrected chi connectivity index (χ1v) is 8.03. The third-order valence-corrected chi connectivity index (χ3v) is 4.25. The van der Waals surface area contributed by atoms with Crippen molar-refractivity contribution < 1.29 is 9.47 Å². The zero-order chi connectivity index (χ0) is 17.8. The molecule has 0 saturated carbocycles.